The second-order valence-electron chi connectivity index (χ2n) is 5.79. The lowest BCUT2D eigenvalue weighted by molar-refractivity contribution is 0.0700. The van der Waals surface area contributed by atoms with Crippen LogP contribution in [-0.4, -0.2) is 29.1 Å². The summed E-state index contributed by atoms with van der Waals surface area (Å²) < 4.78 is 0. The van der Waals surface area contributed by atoms with Crippen molar-refractivity contribution < 1.29 is 9.90 Å². The second kappa shape index (κ2) is 6.53. The largest absolute Gasteiger partial charge is 0.477 e. The maximum Gasteiger partial charge on any atom is 0.346 e. The van der Waals surface area contributed by atoms with Gasteiger partial charge in [0.05, 0.1) is 0 Å². The lowest BCUT2D eigenvalue weighted by Crippen LogP contribution is -2.25. The van der Waals surface area contributed by atoms with E-state index in [1.807, 2.05) is 11.4 Å². The minimum Gasteiger partial charge on any atom is -0.477 e. The molecule has 1 aliphatic heterocycles. The van der Waals surface area contributed by atoms with Gasteiger partial charge in [0.2, 0.25) is 0 Å². The number of likely N-dealkylation sites (tertiary alicyclic amines) is 1. The molecule has 2 heterocycles. The molecule has 0 saturated carbocycles. The van der Waals surface area contributed by atoms with Crippen molar-refractivity contribution in [3.05, 3.63) is 21.9 Å². The molecule has 1 saturated heterocycles. The van der Waals surface area contributed by atoms with Gasteiger partial charge in [-0.15, -0.1) is 11.3 Å². The first-order chi connectivity index (χ1) is 9.08. The highest BCUT2D eigenvalue weighted by Crippen LogP contribution is 2.26. The highest BCUT2D eigenvalue weighted by atomic mass is 32.1. The van der Waals surface area contributed by atoms with Crippen molar-refractivity contribution in [2.45, 2.75) is 39.7 Å². The van der Waals surface area contributed by atoms with Crippen molar-refractivity contribution >= 4 is 17.3 Å². The van der Waals surface area contributed by atoms with E-state index in [1.54, 1.807) is 0 Å². The predicted molar refractivity (Wildman–Crippen MR) is 78.7 cm³/mol. The van der Waals surface area contributed by atoms with E-state index in [0.29, 0.717) is 4.88 Å². The zero-order chi connectivity index (χ0) is 13.8. The summed E-state index contributed by atoms with van der Waals surface area (Å²) in [6.07, 6.45) is 3.78. The number of aromatic carboxylic acids is 1. The van der Waals surface area contributed by atoms with Gasteiger partial charge in [0, 0.05) is 6.54 Å². The number of hydrogen-bond donors (Lipinski definition) is 1. The van der Waals surface area contributed by atoms with Crippen molar-refractivity contribution in [3.63, 3.8) is 0 Å². The third kappa shape index (κ3) is 3.80. The summed E-state index contributed by atoms with van der Waals surface area (Å²) in [6.45, 7) is 7.59. The number of hydrogen-bond acceptors (Lipinski definition) is 3. The van der Waals surface area contributed by atoms with Crippen LogP contribution >= 0.6 is 11.3 Å². The molecule has 0 aromatic carbocycles. The molecule has 1 N–H and O–H groups in total. The Bertz CT molecular complexity index is 428. The predicted octanol–water partition coefficient (Wildman–Crippen LogP) is 3.70. The van der Waals surface area contributed by atoms with E-state index >= 15 is 0 Å². The van der Waals surface area contributed by atoms with Crippen LogP contribution in [0.25, 0.3) is 0 Å². The molecule has 0 bridgehead atoms. The Labute approximate surface area is 119 Å². The van der Waals surface area contributed by atoms with E-state index in [2.05, 4.69) is 18.7 Å². The summed E-state index contributed by atoms with van der Waals surface area (Å²) in [5.41, 5.74) is 0.973. The molecule has 1 aromatic rings. The maximum atomic E-state index is 11.1. The second-order valence-corrected chi connectivity index (χ2v) is 6.71. The fourth-order valence-electron chi connectivity index (χ4n) is 2.90. The Morgan fingerprint density at radius 1 is 1.47 bits per heavy atom. The molecule has 1 aliphatic rings. The van der Waals surface area contributed by atoms with Gasteiger partial charge in [-0.2, -0.15) is 0 Å². The van der Waals surface area contributed by atoms with Crippen LogP contribution in [0.1, 0.15) is 48.3 Å². The molecule has 0 aliphatic carbocycles. The van der Waals surface area contributed by atoms with Crippen molar-refractivity contribution in [1.82, 2.24) is 4.90 Å². The number of thiophene rings is 1. The number of carbonyl (C=O) groups is 1. The van der Waals surface area contributed by atoms with Crippen LogP contribution in [0.2, 0.25) is 0 Å². The van der Waals surface area contributed by atoms with E-state index in [1.165, 1.54) is 30.6 Å². The standard InChI is InChI=1S/C15H23NO2S/c1-11(2)12-4-3-7-16(8-5-12)10-13-6-9-19-14(13)15(17)18/h6,9,11-12H,3-5,7-8,10H2,1-2H3,(H,17,18). The third-order valence-electron chi connectivity index (χ3n) is 4.14. The van der Waals surface area contributed by atoms with Crippen molar-refractivity contribution in [2.24, 2.45) is 11.8 Å². The quantitative estimate of drug-likeness (QED) is 0.914. The average Bonchev–Trinajstić information content (AvgIpc) is 2.67. The van der Waals surface area contributed by atoms with Gasteiger partial charge >= 0.3 is 5.97 Å². The molecular weight excluding hydrogens is 258 g/mol. The van der Waals surface area contributed by atoms with Gasteiger partial charge in [-0.25, -0.2) is 4.79 Å². The Morgan fingerprint density at radius 3 is 2.95 bits per heavy atom. The van der Waals surface area contributed by atoms with Crippen molar-refractivity contribution in [3.8, 4) is 0 Å². The van der Waals surface area contributed by atoms with Gasteiger partial charge in [0.15, 0.2) is 0 Å². The Morgan fingerprint density at radius 2 is 2.26 bits per heavy atom. The summed E-state index contributed by atoms with van der Waals surface area (Å²) in [5, 5.41) is 11.0. The van der Waals surface area contributed by atoms with Crippen molar-refractivity contribution in [1.29, 1.82) is 0 Å². The van der Waals surface area contributed by atoms with Gasteiger partial charge in [-0.3, -0.25) is 4.90 Å². The summed E-state index contributed by atoms with van der Waals surface area (Å²) in [5.74, 6) is 0.793. The summed E-state index contributed by atoms with van der Waals surface area (Å²) in [7, 11) is 0. The smallest absolute Gasteiger partial charge is 0.346 e. The molecule has 0 amide bonds. The molecule has 2 rings (SSSR count). The molecule has 3 nitrogen and oxygen atoms in total. The third-order valence-corrected chi connectivity index (χ3v) is 5.09. The SMILES string of the molecule is CC(C)C1CCCN(Cc2ccsc2C(=O)O)CC1. The van der Waals surface area contributed by atoms with Crippen molar-refractivity contribution in [2.75, 3.05) is 13.1 Å². The molecule has 0 radical (unpaired) electrons. The lowest BCUT2D eigenvalue weighted by atomic mass is 9.89. The van der Waals surface area contributed by atoms with E-state index in [4.69, 9.17) is 5.11 Å². The molecule has 4 heteroatoms. The van der Waals surface area contributed by atoms with Crippen LogP contribution in [-0.2, 0) is 6.54 Å². The Balaban J connectivity index is 1.96. The van der Waals surface area contributed by atoms with Gasteiger partial charge in [0.1, 0.15) is 4.88 Å². The van der Waals surface area contributed by atoms with Gasteiger partial charge in [-0.05, 0) is 61.2 Å². The first-order valence-corrected chi connectivity index (χ1v) is 7.98. The minimum absolute atomic E-state index is 0.504. The molecule has 1 aromatic heterocycles. The maximum absolute atomic E-state index is 11.1. The highest BCUT2D eigenvalue weighted by molar-refractivity contribution is 7.12. The minimum atomic E-state index is -0.792. The van der Waals surface area contributed by atoms with Crippen LogP contribution in [0.4, 0.5) is 0 Å². The zero-order valence-electron chi connectivity index (χ0n) is 11.8. The van der Waals surface area contributed by atoms with Gasteiger partial charge < -0.3 is 5.11 Å². The Hall–Kier alpha value is -0.870. The zero-order valence-corrected chi connectivity index (χ0v) is 12.6. The summed E-state index contributed by atoms with van der Waals surface area (Å²) in [4.78, 5) is 14.0. The van der Waals surface area contributed by atoms with E-state index < -0.39 is 5.97 Å². The van der Waals surface area contributed by atoms with Crippen LogP contribution < -0.4 is 0 Å². The number of carboxylic acids is 1. The summed E-state index contributed by atoms with van der Waals surface area (Å²) in [6, 6.07) is 1.96. The fraction of sp³-hybridized carbons (Fsp3) is 0.667. The number of rotatable bonds is 4. The first-order valence-electron chi connectivity index (χ1n) is 7.10. The lowest BCUT2D eigenvalue weighted by Gasteiger charge is -2.21. The monoisotopic (exact) mass is 281 g/mol. The van der Waals surface area contributed by atoms with Crippen LogP contribution in [0, 0.1) is 11.8 Å². The molecule has 0 spiro atoms. The summed E-state index contributed by atoms with van der Waals surface area (Å²) >= 11 is 1.33. The highest BCUT2D eigenvalue weighted by Gasteiger charge is 2.21. The van der Waals surface area contributed by atoms with E-state index in [-0.39, 0.29) is 0 Å². The first kappa shape index (κ1) is 14.5. The number of carboxylic acid groups (broad SMARTS) is 1. The number of nitrogens with zero attached hydrogens (tertiary/aromatic N) is 1. The van der Waals surface area contributed by atoms with Crippen LogP contribution in [0.15, 0.2) is 11.4 Å². The molecule has 106 valence electrons. The molecule has 1 atom stereocenters. The van der Waals surface area contributed by atoms with Crippen LogP contribution in [0.3, 0.4) is 0 Å². The van der Waals surface area contributed by atoms with E-state index in [0.717, 1.165) is 37.0 Å². The van der Waals surface area contributed by atoms with E-state index in [9.17, 15) is 4.79 Å². The van der Waals surface area contributed by atoms with Gasteiger partial charge in [-0.1, -0.05) is 13.8 Å². The average molecular weight is 281 g/mol. The fourth-order valence-corrected chi connectivity index (χ4v) is 3.65. The molecule has 1 fully saturated rings. The van der Waals surface area contributed by atoms with Crippen LogP contribution in [0.5, 0.6) is 0 Å². The normalized spacial score (nSPS) is 21.5. The van der Waals surface area contributed by atoms with Gasteiger partial charge in [0.25, 0.3) is 0 Å². The molecule has 1 unspecified atom stereocenters. The topological polar surface area (TPSA) is 40.5 Å². The Kier molecular flexibility index (Phi) is 4.99. The molecular formula is C15H23NO2S. The molecule has 19 heavy (non-hydrogen) atoms.